The van der Waals surface area contributed by atoms with Gasteiger partial charge in [0.1, 0.15) is 0 Å². The first-order valence-corrected chi connectivity index (χ1v) is 7.63. The number of carbonyl (C=O) groups is 1. The molecule has 1 aliphatic carbocycles. The summed E-state index contributed by atoms with van der Waals surface area (Å²) in [5.74, 6) is -0.790. The van der Waals surface area contributed by atoms with Gasteiger partial charge in [0.05, 0.1) is 10.5 Å². The Morgan fingerprint density at radius 1 is 1.42 bits per heavy atom. The molecule has 0 unspecified atom stereocenters. The highest BCUT2D eigenvalue weighted by atomic mass is 35.5. The maximum absolute atomic E-state index is 12.3. The van der Waals surface area contributed by atoms with Crippen molar-refractivity contribution in [3.05, 3.63) is 28.8 Å². The third-order valence-corrected chi connectivity index (χ3v) is 5.06. The van der Waals surface area contributed by atoms with E-state index in [-0.39, 0.29) is 15.5 Å². The molecule has 0 aromatic heterocycles. The van der Waals surface area contributed by atoms with Gasteiger partial charge in [0.25, 0.3) is 0 Å². The van der Waals surface area contributed by atoms with E-state index in [1.807, 2.05) is 0 Å². The number of sulfonamides is 1. The van der Waals surface area contributed by atoms with E-state index in [0.717, 1.165) is 18.9 Å². The van der Waals surface area contributed by atoms with Gasteiger partial charge in [-0.1, -0.05) is 11.6 Å². The summed E-state index contributed by atoms with van der Waals surface area (Å²) in [7, 11) is -2.19. The Balaban J connectivity index is 2.35. The van der Waals surface area contributed by atoms with Crippen LogP contribution in [-0.4, -0.2) is 37.4 Å². The summed E-state index contributed by atoms with van der Waals surface area (Å²) in [5, 5.41) is 9.02. The lowest BCUT2D eigenvalue weighted by Crippen LogP contribution is -2.29. The quantitative estimate of drug-likeness (QED) is 0.903. The van der Waals surface area contributed by atoms with Crippen LogP contribution in [0.4, 0.5) is 0 Å². The lowest BCUT2D eigenvalue weighted by Gasteiger charge is -2.17. The van der Waals surface area contributed by atoms with Crippen molar-refractivity contribution in [2.24, 2.45) is 5.92 Å². The molecule has 1 aromatic rings. The molecule has 0 saturated heterocycles. The number of nitrogens with zero attached hydrogens (tertiary/aromatic N) is 1. The highest BCUT2D eigenvalue weighted by molar-refractivity contribution is 7.89. The largest absolute Gasteiger partial charge is 0.478 e. The van der Waals surface area contributed by atoms with E-state index in [2.05, 4.69) is 0 Å². The summed E-state index contributed by atoms with van der Waals surface area (Å²) >= 11 is 5.78. The van der Waals surface area contributed by atoms with Gasteiger partial charge in [-0.05, 0) is 37.0 Å². The van der Waals surface area contributed by atoms with Crippen LogP contribution in [0.5, 0.6) is 0 Å². The predicted octanol–water partition coefficient (Wildman–Crippen LogP) is 2.07. The smallest absolute Gasteiger partial charge is 0.335 e. The lowest BCUT2D eigenvalue weighted by molar-refractivity contribution is 0.0696. The van der Waals surface area contributed by atoms with Crippen molar-refractivity contribution in [2.75, 3.05) is 13.6 Å². The third-order valence-electron chi connectivity index (χ3n) is 3.04. The van der Waals surface area contributed by atoms with Crippen LogP contribution in [0, 0.1) is 5.92 Å². The molecule has 7 heteroatoms. The molecule has 1 aliphatic rings. The minimum Gasteiger partial charge on any atom is -0.478 e. The number of hydrogen-bond acceptors (Lipinski definition) is 3. The fraction of sp³-hybridized carbons (Fsp3) is 0.417. The normalized spacial score (nSPS) is 15.7. The van der Waals surface area contributed by atoms with Gasteiger partial charge in [0.2, 0.25) is 10.0 Å². The SMILES string of the molecule is CN(CC1CC1)S(=O)(=O)c1cc(Cl)cc(C(=O)O)c1. The minimum atomic E-state index is -3.69. The summed E-state index contributed by atoms with van der Waals surface area (Å²) in [5.41, 5.74) is -0.133. The average Bonchev–Trinajstić information content (AvgIpc) is 3.11. The van der Waals surface area contributed by atoms with Gasteiger partial charge in [0, 0.05) is 18.6 Å². The van der Waals surface area contributed by atoms with E-state index in [1.165, 1.54) is 23.5 Å². The molecule has 1 N–H and O–H groups in total. The zero-order chi connectivity index (χ0) is 14.2. The molecule has 1 aromatic carbocycles. The van der Waals surface area contributed by atoms with Crippen molar-refractivity contribution in [2.45, 2.75) is 17.7 Å². The number of benzene rings is 1. The number of aromatic carboxylic acids is 1. The van der Waals surface area contributed by atoms with Gasteiger partial charge in [-0.25, -0.2) is 17.5 Å². The Morgan fingerprint density at radius 3 is 2.58 bits per heavy atom. The Morgan fingerprint density at radius 2 is 2.05 bits per heavy atom. The monoisotopic (exact) mass is 303 g/mol. The first-order valence-electron chi connectivity index (χ1n) is 5.81. The van der Waals surface area contributed by atoms with E-state index < -0.39 is 16.0 Å². The van der Waals surface area contributed by atoms with Crippen LogP contribution >= 0.6 is 11.6 Å². The molecule has 0 spiro atoms. The Hall–Kier alpha value is -1.11. The van der Waals surface area contributed by atoms with Gasteiger partial charge in [-0.3, -0.25) is 0 Å². The lowest BCUT2D eigenvalue weighted by atomic mass is 10.2. The molecule has 0 amide bonds. The Bertz CT molecular complexity index is 610. The molecule has 2 rings (SSSR count). The second-order valence-corrected chi connectivity index (χ2v) is 7.19. The summed E-state index contributed by atoms with van der Waals surface area (Å²) < 4.78 is 25.8. The van der Waals surface area contributed by atoms with Gasteiger partial charge in [-0.15, -0.1) is 0 Å². The van der Waals surface area contributed by atoms with Gasteiger partial charge >= 0.3 is 5.97 Å². The summed E-state index contributed by atoms with van der Waals surface area (Å²) in [6.45, 7) is 0.456. The molecule has 104 valence electrons. The topological polar surface area (TPSA) is 74.7 Å². The van der Waals surface area contributed by atoms with Gasteiger partial charge in [-0.2, -0.15) is 0 Å². The van der Waals surface area contributed by atoms with Crippen molar-refractivity contribution in [1.82, 2.24) is 4.31 Å². The maximum atomic E-state index is 12.3. The third kappa shape index (κ3) is 3.26. The van der Waals surface area contributed by atoms with Crippen LogP contribution in [0.15, 0.2) is 23.1 Å². The molecule has 1 saturated carbocycles. The van der Waals surface area contributed by atoms with Crippen molar-refractivity contribution in [3.8, 4) is 0 Å². The van der Waals surface area contributed by atoms with Crippen molar-refractivity contribution < 1.29 is 18.3 Å². The van der Waals surface area contributed by atoms with Gasteiger partial charge < -0.3 is 5.11 Å². The fourth-order valence-electron chi connectivity index (χ4n) is 1.78. The van der Waals surface area contributed by atoms with E-state index >= 15 is 0 Å². The molecular weight excluding hydrogens is 290 g/mol. The molecule has 0 radical (unpaired) electrons. The number of hydrogen-bond donors (Lipinski definition) is 1. The van der Waals surface area contributed by atoms with E-state index in [4.69, 9.17) is 16.7 Å². The van der Waals surface area contributed by atoms with Crippen LogP contribution in [0.1, 0.15) is 23.2 Å². The second kappa shape index (κ2) is 5.11. The van der Waals surface area contributed by atoms with Crippen LogP contribution < -0.4 is 0 Å². The van der Waals surface area contributed by atoms with Crippen LogP contribution in [0.3, 0.4) is 0 Å². The molecule has 5 nitrogen and oxygen atoms in total. The molecule has 0 atom stereocenters. The van der Waals surface area contributed by atoms with Crippen LogP contribution in [-0.2, 0) is 10.0 Å². The Labute approximate surface area is 116 Å². The zero-order valence-corrected chi connectivity index (χ0v) is 11.9. The molecule has 0 aliphatic heterocycles. The first kappa shape index (κ1) is 14.3. The molecular formula is C12H14ClNO4S. The van der Waals surface area contributed by atoms with E-state index in [1.54, 1.807) is 0 Å². The summed E-state index contributed by atoms with van der Waals surface area (Å²) in [6.07, 6.45) is 2.07. The van der Waals surface area contributed by atoms with E-state index in [9.17, 15) is 13.2 Å². The van der Waals surface area contributed by atoms with Crippen molar-refractivity contribution >= 4 is 27.6 Å². The van der Waals surface area contributed by atoms with Crippen LogP contribution in [0.25, 0.3) is 0 Å². The second-order valence-electron chi connectivity index (χ2n) is 4.71. The highest BCUT2D eigenvalue weighted by Gasteiger charge is 2.29. The molecule has 19 heavy (non-hydrogen) atoms. The standard InChI is InChI=1S/C12H14ClNO4S/c1-14(7-8-2-3-8)19(17,18)11-5-9(12(15)16)4-10(13)6-11/h4-6,8H,2-3,7H2,1H3,(H,15,16). The van der Waals surface area contributed by atoms with Crippen molar-refractivity contribution in [3.63, 3.8) is 0 Å². The van der Waals surface area contributed by atoms with Crippen molar-refractivity contribution in [1.29, 1.82) is 0 Å². The van der Waals surface area contributed by atoms with Gasteiger partial charge in [0.15, 0.2) is 0 Å². The first-order chi connectivity index (χ1) is 8.80. The fourth-order valence-corrected chi connectivity index (χ4v) is 3.40. The molecule has 1 fully saturated rings. The number of carboxylic acids is 1. The number of carboxylic acid groups (broad SMARTS) is 1. The number of halogens is 1. The van der Waals surface area contributed by atoms with E-state index in [0.29, 0.717) is 12.5 Å². The number of rotatable bonds is 5. The molecule has 0 heterocycles. The minimum absolute atomic E-state index is 0.0828. The zero-order valence-electron chi connectivity index (χ0n) is 10.3. The predicted molar refractivity (Wildman–Crippen MR) is 71.0 cm³/mol. The Kier molecular flexibility index (Phi) is 3.85. The summed E-state index contributed by atoms with van der Waals surface area (Å²) in [6, 6.07) is 3.63. The maximum Gasteiger partial charge on any atom is 0.335 e. The average molecular weight is 304 g/mol. The van der Waals surface area contributed by atoms with Crippen LogP contribution in [0.2, 0.25) is 5.02 Å². The highest BCUT2D eigenvalue weighted by Crippen LogP contribution is 2.31. The molecule has 0 bridgehead atoms. The summed E-state index contributed by atoms with van der Waals surface area (Å²) in [4.78, 5) is 10.8.